The van der Waals surface area contributed by atoms with E-state index in [9.17, 15) is 4.79 Å². The molecule has 1 aliphatic carbocycles. The lowest BCUT2D eigenvalue weighted by Gasteiger charge is -2.06. The maximum atomic E-state index is 12.3. The van der Waals surface area contributed by atoms with Gasteiger partial charge in [-0.05, 0) is 35.6 Å². The van der Waals surface area contributed by atoms with E-state index >= 15 is 0 Å². The SMILES string of the molecule is O=C(Nc1cc(CSCCO)ccn1)C1CC1c1ccccc1. The van der Waals surface area contributed by atoms with Gasteiger partial charge in [0.25, 0.3) is 0 Å². The number of aliphatic hydroxyl groups is 1. The van der Waals surface area contributed by atoms with Gasteiger partial charge in [-0.1, -0.05) is 30.3 Å². The first-order chi connectivity index (χ1) is 11.3. The minimum Gasteiger partial charge on any atom is -0.396 e. The average molecular weight is 328 g/mol. The summed E-state index contributed by atoms with van der Waals surface area (Å²) in [5.41, 5.74) is 2.33. The van der Waals surface area contributed by atoms with Crippen LogP contribution in [0.15, 0.2) is 48.7 Å². The number of benzene rings is 1. The van der Waals surface area contributed by atoms with Crippen molar-refractivity contribution in [1.29, 1.82) is 0 Å². The maximum Gasteiger partial charge on any atom is 0.229 e. The number of pyridine rings is 1. The molecular weight excluding hydrogens is 308 g/mol. The molecule has 1 aromatic carbocycles. The molecule has 23 heavy (non-hydrogen) atoms. The number of hydrogen-bond acceptors (Lipinski definition) is 4. The van der Waals surface area contributed by atoms with Crippen molar-refractivity contribution in [3.05, 3.63) is 59.8 Å². The van der Waals surface area contributed by atoms with Crippen molar-refractivity contribution in [2.75, 3.05) is 17.7 Å². The fourth-order valence-electron chi connectivity index (χ4n) is 2.66. The van der Waals surface area contributed by atoms with Gasteiger partial charge in [-0.15, -0.1) is 0 Å². The highest BCUT2D eigenvalue weighted by atomic mass is 32.2. The van der Waals surface area contributed by atoms with Gasteiger partial charge in [0, 0.05) is 23.6 Å². The minimum absolute atomic E-state index is 0.0477. The van der Waals surface area contributed by atoms with Gasteiger partial charge in [-0.25, -0.2) is 4.98 Å². The maximum absolute atomic E-state index is 12.3. The summed E-state index contributed by atoms with van der Waals surface area (Å²) in [6, 6.07) is 14.0. The number of hydrogen-bond donors (Lipinski definition) is 2. The molecule has 1 saturated carbocycles. The van der Waals surface area contributed by atoms with E-state index in [2.05, 4.69) is 22.4 Å². The van der Waals surface area contributed by atoms with Crippen LogP contribution in [0.5, 0.6) is 0 Å². The van der Waals surface area contributed by atoms with Crippen molar-refractivity contribution in [3.8, 4) is 0 Å². The van der Waals surface area contributed by atoms with Gasteiger partial charge >= 0.3 is 0 Å². The smallest absolute Gasteiger partial charge is 0.229 e. The molecule has 2 aromatic rings. The number of nitrogens with one attached hydrogen (secondary N) is 1. The lowest BCUT2D eigenvalue weighted by molar-refractivity contribution is -0.117. The molecular formula is C18H20N2O2S. The number of aromatic nitrogens is 1. The third-order valence-electron chi connectivity index (χ3n) is 3.93. The first kappa shape index (κ1) is 16.0. The van der Waals surface area contributed by atoms with Crippen LogP contribution in [0.4, 0.5) is 5.82 Å². The van der Waals surface area contributed by atoms with E-state index in [1.807, 2.05) is 30.3 Å². The van der Waals surface area contributed by atoms with Crippen molar-refractivity contribution < 1.29 is 9.90 Å². The summed E-state index contributed by atoms with van der Waals surface area (Å²) in [5, 5.41) is 11.7. The number of carbonyl (C=O) groups excluding carboxylic acids is 1. The topological polar surface area (TPSA) is 62.2 Å². The van der Waals surface area contributed by atoms with Gasteiger partial charge in [0.15, 0.2) is 0 Å². The Morgan fingerprint density at radius 2 is 2.13 bits per heavy atom. The molecule has 0 spiro atoms. The average Bonchev–Trinajstić information content (AvgIpc) is 3.37. The normalized spacial score (nSPS) is 19.3. The Hall–Kier alpha value is -1.85. The third-order valence-corrected chi connectivity index (χ3v) is 4.94. The second-order valence-corrected chi connectivity index (χ2v) is 6.78. The molecule has 1 aliphatic rings. The standard InChI is InChI=1S/C18H20N2O2S/c21-8-9-23-12-13-6-7-19-17(10-13)20-18(22)16-11-15(16)14-4-2-1-3-5-14/h1-7,10,15-16,21H,8-9,11-12H2,(H,19,20,22). The van der Waals surface area contributed by atoms with Crippen molar-refractivity contribution in [2.45, 2.75) is 18.1 Å². The predicted octanol–water partition coefficient (Wildman–Crippen LogP) is 3.05. The molecule has 1 amide bonds. The van der Waals surface area contributed by atoms with Gasteiger partial charge in [-0.2, -0.15) is 11.8 Å². The first-order valence-electron chi connectivity index (χ1n) is 7.77. The number of anilines is 1. The van der Waals surface area contributed by atoms with E-state index in [0.29, 0.717) is 17.5 Å². The summed E-state index contributed by atoms with van der Waals surface area (Å²) in [5.74, 6) is 2.56. The van der Waals surface area contributed by atoms with Crippen molar-refractivity contribution >= 4 is 23.5 Å². The number of nitrogens with zero attached hydrogens (tertiary/aromatic N) is 1. The van der Waals surface area contributed by atoms with Crippen LogP contribution in [0.2, 0.25) is 0 Å². The van der Waals surface area contributed by atoms with E-state index in [-0.39, 0.29) is 18.4 Å². The molecule has 2 atom stereocenters. The van der Waals surface area contributed by atoms with E-state index in [1.54, 1.807) is 18.0 Å². The van der Waals surface area contributed by atoms with Crippen LogP contribution in [-0.2, 0) is 10.5 Å². The number of rotatable bonds is 7. The lowest BCUT2D eigenvalue weighted by Crippen LogP contribution is -2.15. The molecule has 0 saturated heterocycles. The predicted molar refractivity (Wildman–Crippen MR) is 93.4 cm³/mol. The van der Waals surface area contributed by atoms with E-state index in [4.69, 9.17) is 5.11 Å². The number of carbonyl (C=O) groups is 1. The fraction of sp³-hybridized carbons (Fsp3) is 0.333. The highest BCUT2D eigenvalue weighted by Gasteiger charge is 2.43. The van der Waals surface area contributed by atoms with Crippen molar-refractivity contribution in [3.63, 3.8) is 0 Å². The summed E-state index contributed by atoms with van der Waals surface area (Å²) < 4.78 is 0. The van der Waals surface area contributed by atoms with E-state index < -0.39 is 0 Å². The molecule has 5 heteroatoms. The molecule has 2 N–H and O–H groups in total. The third kappa shape index (κ3) is 4.33. The monoisotopic (exact) mass is 328 g/mol. The van der Waals surface area contributed by atoms with Gasteiger partial charge in [-0.3, -0.25) is 4.79 Å². The Morgan fingerprint density at radius 1 is 1.30 bits per heavy atom. The number of thioether (sulfide) groups is 1. The Kier molecular flexibility index (Phi) is 5.31. The van der Waals surface area contributed by atoms with Gasteiger partial charge < -0.3 is 10.4 Å². The second-order valence-electron chi connectivity index (χ2n) is 5.67. The highest BCUT2D eigenvalue weighted by molar-refractivity contribution is 7.98. The summed E-state index contributed by atoms with van der Waals surface area (Å²) in [6.07, 6.45) is 2.62. The van der Waals surface area contributed by atoms with Crippen LogP contribution >= 0.6 is 11.8 Å². The largest absolute Gasteiger partial charge is 0.396 e. The zero-order valence-corrected chi connectivity index (χ0v) is 13.6. The Labute approximate surface area is 140 Å². The molecule has 0 aliphatic heterocycles. The zero-order chi connectivity index (χ0) is 16.1. The quantitative estimate of drug-likeness (QED) is 0.767. The van der Waals surface area contributed by atoms with Crippen LogP contribution in [-0.4, -0.2) is 28.4 Å². The van der Waals surface area contributed by atoms with Crippen molar-refractivity contribution in [2.24, 2.45) is 5.92 Å². The molecule has 0 bridgehead atoms. The lowest BCUT2D eigenvalue weighted by atomic mass is 10.1. The molecule has 3 rings (SSSR count). The summed E-state index contributed by atoms with van der Waals surface area (Å²) >= 11 is 1.66. The van der Waals surface area contributed by atoms with Crippen LogP contribution in [0.3, 0.4) is 0 Å². The van der Waals surface area contributed by atoms with Gasteiger partial charge in [0.05, 0.1) is 6.61 Å². The molecule has 4 nitrogen and oxygen atoms in total. The van der Waals surface area contributed by atoms with E-state index in [1.165, 1.54) is 5.56 Å². The Morgan fingerprint density at radius 3 is 2.91 bits per heavy atom. The Bertz CT molecular complexity index is 663. The van der Waals surface area contributed by atoms with Crippen LogP contribution < -0.4 is 5.32 Å². The molecule has 120 valence electrons. The molecule has 1 fully saturated rings. The highest BCUT2D eigenvalue weighted by Crippen LogP contribution is 2.47. The van der Waals surface area contributed by atoms with Crippen LogP contribution in [0.25, 0.3) is 0 Å². The summed E-state index contributed by atoms with van der Waals surface area (Å²) in [6.45, 7) is 0.182. The number of amides is 1. The summed E-state index contributed by atoms with van der Waals surface area (Å²) in [4.78, 5) is 16.6. The van der Waals surface area contributed by atoms with Crippen molar-refractivity contribution in [1.82, 2.24) is 4.98 Å². The fourth-order valence-corrected chi connectivity index (χ4v) is 3.35. The molecule has 1 aromatic heterocycles. The summed E-state index contributed by atoms with van der Waals surface area (Å²) in [7, 11) is 0. The minimum atomic E-state index is 0.0477. The molecule has 1 heterocycles. The van der Waals surface area contributed by atoms with Crippen LogP contribution in [0.1, 0.15) is 23.5 Å². The zero-order valence-electron chi connectivity index (χ0n) is 12.8. The Balaban J connectivity index is 1.55. The number of aliphatic hydroxyl groups excluding tert-OH is 1. The molecule has 0 radical (unpaired) electrons. The first-order valence-corrected chi connectivity index (χ1v) is 8.92. The second kappa shape index (κ2) is 7.62. The van der Waals surface area contributed by atoms with Crippen LogP contribution in [0, 0.1) is 5.92 Å². The van der Waals surface area contributed by atoms with E-state index in [0.717, 1.165) is 17.7 Å². The van der Waals surface area contributed by atoms with Gasteiger partial charge in [0.1, 0.15) is 5.82 Å². The molecule has 2 unspecified atom stereocenters. The van der Waals surface area contributed by atoms with Gasteiger partial charge in [0.2, 0.25) is 5.91 Å².